The van der Waals surface area contributed by atoms with E-state index in [1.807, 2.05) is 18.2 Å². The van der Waals surface area contributed by atoms with E-state index in [-0.39, 0.29) is 17.9 Å². The normalized spacial score (nSPS) is 16.5. The third-order valence-electron chi connectivity index (χ3n) is 5.30. The maximum atomic E-state index is 13.4. The van der Waals surface area contributed by atoms with Crippen molar-refractivity contribution >= 4 is 22.7 Å². The second-order valence-electron chi connectivity index (χ2n) is 7.39. The first-order chi connectivity index (χ1) is 15.0. The first-order valence-corrected chi connectivity index (χ1v) is 9.75. The van der Waals surface area contributed by atoms with E-state index in [9.17, 15) is 14.7 Å². The first-order valence-electron chi connectivity index (χ1n) is 9.75. The molecule has 1 aromatic carbocycles. The van der Waals surface area contributed by atoms with E-state index in [0.29, 0.717) is 17.1 Å². The Morgan fingerprint density at radius 3 is 2.68 bits per heavy atom. The van der Waals surface area contributed by atoms with Gasteiger partial charge in [-0.1, -0.05) is 24.3 Å². The number of benzene rings is 1. The van der Waals surface area contributed by atoms with E-state index in [4.69, 9.17) is 8.83 Å². The second kappa shape index (κ2) is 7.28. The van der Waals surface area contributed by atoms with Gasteiger partial charge in [-0.05, 0) is 42.8 Å². The van der Waals surface area contributed by atoms with E-state index in [1.54, 1.807) is 55.7 Å². The third-order valence-corrected chi connectivity index (χ3v) is 5.30. The number of carbonyl (C=O) groups is 2. The number of carbonyl (C=O) groups excluding carboxylic acids is 2. The molecule has 1 aliphatic heterocycles. The summed E-state index contributed by atoms with van der Waals surface area (Å²) in [6.45, 7) is 1.92. The molecule has 31 heavy (non-hydrogen) atoms. The molecule has 0 spiro atoms. The van der Waals surface area contributed by atoms with E-state index >= 15 is 0 Å². The molecule has 4 heterocycles. The summed E-state index contributed by atoms with van der Waals surface area (Å²) in [5.41, 5.74) is 1.24. The van der Waals surface area contributed by atoms with Gasteiger partial charge < -0.3 is 18.8 Å². The molecule has 0 unspecified atom stereocenters. The fourth-order valence-electron chi connectivity index (χ4n) is 3.86. The van der Waals surface area contributed by atoms with Crippen molar-refractivity contribution in [1.29, 1.82) is 0 Å². The van der Waals surface area contributed by atoms with Crippen molar-refractivity contribution in [3.05, 3.63) is 101 Å². The lowest BCUT2D eigenvalue weighted by atomic mass is 9.99. The van der Waals surface area contributed by atoms with Crippen LogP contribution in [0.2, 0.25) is 0 Å². The van der Waals surface area contributed by atoms with Crippen LogP contribution in [0.3, 0.4) is 0 Å². The van der Waals surface area contributed by atoms with Crippen LogP contribution >= 0.6 is 0 Å². The van der Waals surface area contributed by atoms with Gasteiger partial charge in [0.15, 0.2) is 11.5 Å². The summed E-state index contributed by atoms with van der Waals surface area (Å²) in [5, 5.41) is 11.5. The number of fused-ring (bicyclic) bond motifs is 1. The zero-order valence-corrected chi connectivity index (χ0v) is 16.6. The van der Waals surface area contributed by atoms with Gasteiger partial charge in [-0.15, -0.1) is 0 Å². The zero-order chi connectivity index (χ0) is 21.5. The molecule has 1 N–H and O–H groups in total. The second-order valence-corrected chi connectivity index (χ2v) is 7.39. The number of aryl methyl sites for hydroxylation is 1. The van der Waals surface area contributed by atoms with Gasteiger partial charge in [0.1, 0.15) is 23.1 Å². The highest BCUT2D eigenvalue weighted by Crippen LogP contribution is 2.41. The Hall–Kier alpha value is -4.13. The number of para-hydroxylation sites is 1. The number of Topliss-reactive ketones (excluding diaryl/α,β-unsaturated/α-hetero) is 1. The molecule has 7 nitrogen and oxygen atoms in total. The average molecular weight is 414 g/mol. The van der Waals surface area contributed by atoms with Crippen LogP contribution in [0.25, 0.3) is 11.0 Å². The molecule has 154 valence electrons. The fourth-order valence-corrected chi connectivity index (χ4v) is 3.86. The van der Waals surface area contributed by atoms with Crippen LogP contribution in [0.15, 0.2) is 87.2 Å². The molecular weight excluding hydrogens is 396 g/mol. The number of hydrogen-bond donors (Lipinski definition) is 1. The summed E-state index contributed by atoms with van der Waals surface area (Å²) in [7, 11) is 0. The summed E-state index contributed by atoms with van der Waals surface area (Å²) in [5.74, 6) is -0.749. The van der Waals surface area contributed by atoms with Crippen molar-refractivity contribution in [3.8, 4) is 0 Å². The molecule has 3 aromatic heterocycles. The molecule has 7 heteroatoms. The molecule has 0 bridgehead atoms. The van der Waals surface area contributed by atoms with Gasteiger partial charge in [0.2, 0.25) is 5.78 Å². The molecule has 0 fully saturated rings. The maximum absolute atomic E-state index is 13.4. The molecule has 0 radical (unpaired) electrons. The zero-order valence-electron chi connectivity index (χ0n) is 16.6. The number of hydrogen-bond acceptors (Lipinski definition) is 6. The van der Waals surface area contributed by atoms with Gasteiger partial charge in [-0.25, -0.2) is 0 Å². The number of rotatable bonds is 5. The van der Waals surface area contributed by atoms with Gasteiger partial charge in [0, 0.05) is 24.3 Å². The summed E-state index contributed by atoms with van der Waals surface area (Å²) in [6, 6.07) is 15.0. The predicted octanol–water partition coefficient (Wildman–Crippen LogP) is 4.51. The van der Waals surface area contributed by atoms with Crippen LogP contribution in [0.4, 0.5) is 0 Å². The van der Waals surface area contributed by atoms with Crippen LogP contribution in [0.1, 0.15) is 33.7 Å². The number of amides is 1. The minimum absolute atomic E-state index is 0.0482. The molecule has 0 saturated carbocycles. The Balaban J connectivity index is 1.59. The number of pyridine rings is 1. The van der Waals surface area contributed by atoms with Crippen LogP contribution in [-0.2, 0) is 11.3 Å². The van der Waals surface area contributed by atoms with Crippen molar-refractivity contribution in [1.82, 2.24) is 9.88 Å². The van der Waals surface area contributed by atoms with E-state index in [2.05, 4.69) is 4.98 Å². The molecule has 1 amide bonds. The molecule has 0 saturated heterocycles. The van der Waals surface area contributed by atoms with Gasteiger partial charge in [0.25, 0.3) is 5.91 Å². The van der Waals surface area contributed by atoms with Crippen LogP contribution in [-0.4, -0.2) is 26.7 Å². The molecule has 4 aromatic rings. The van der Waals surface area contributed by atoms with E-state index < -0.39 is 23.5 Å². The van der Waals surface area contributed by atoms with Gasteiger partial charge >= 0.3 is 0 Å². The molecule has 0 aliphatic carbocycles. The van der Waals surface area contributed by atoms with Crippen molar-refractivity contribution in [2.24, 2.45) is 0 Å². The van der Waals surface area contributed by atoms with Crippen molar-refractivity contribution in [2.45, 2.75) is 19.5 Å². The Bertz CT molecular complexity index is 1300. The summed E-state index contributed by atoms with van der Waals surface area (Å²) < 4.78 is 11.5. The first kappa shape index (κ1) is 18.9. The number of furan rings is 2. The number of aromatic nitrogens is 1. The summed E-state index contributed by atoms with van der Waals surface area (Å²) in [4.78, 5) is 31.9. The van der Waals surface area contributed by atoms with Gasteiger partial charge in [-0.3, -0.25) is 14.6 Å². The highest BCUT2D eigenvalue weighted by molar-refractivity contribution is 6.15. The lowest BCUT2D eigenvalue weighted by molar-refractivity contribution is -0.130. The minimum Gasteiger partial charge on any atom is -0.503 e. The summed E-state index contributed by atoms with van der Waals surface area (Å²) >= 11 is 0. The van der Waals surface area contributed by atoms with Crippen LogP contribution in [0.5, 0.6) is 0 Å². The van der Waals surface area contributed by atoms with Crippen LogP contribution < -0.4 is 0 Å². The topological polar surface area (TPSA) is 96.8 Å². The maximum Gasteiger partial charge on any atom is 0.290 e. The molecule has 5 rings (SSSR count). The molecule has 1 atom stereocenters. The number of aliphatic hydroxyl groups is 1. The lowest BCUT2D eigenvalue weighted by Crippen LogP contribution is -2.30. The van der Waals surface area contributed by atoms with Gasteiger partial charge in [-0.2, -0.15) is 0 Å². The predicted molar refractivity (Wildman–Crippen MR) is 111 cm³/mol. The lowest BCUT2D eigenvalue weighted by Gasteiger charge is -2.24. The highest BCUT2D eigenvalue weighted by atomic mass is 16.4. The Morgan fingerprint density at radius 1 is 1.13 bits per heavy atom. The fraction of sp³-hybridized carbons (Fsp3) is 0.125. The van der Waals surface area contributed by atoms with E-state index in [0.717, 1.165) is 10.9 Å². The third kappa shape index (κ3) is 3.20. The number of aliphatic hydroxyl groups excluding tert-OH is 1. The molecular formula is C24H18N2O5. The minimum atomic E-state index is -0.887. The Labute approximate surface area is 177 Å². The number of ketones is 1. The average Bonchev–Trinajstić information content (AvgIpc) is 3.46. The largest absolute Gasteiger partial charge is 0.503 e. The Kier molecular flexibility index (Phi) is 4.43. The standard InChI is InChI=1S/C24H18N2O5/c1-14-8-9-18(30-14)21-20(22(27)19-11-16-6-2-3-7-17(16)31-19)23(28)24(29)26(21)13-15-5-4-10-25-12-15/h2-12,21,28H,13H2,1H3/t21-/m0/s1. The van der Waals surface area contributed by atoms with Crippen LogP contribution in [0, 0.1) is 6.92 Å². The number of nitrogens with zero attached hydrogens (tertiary/aromatic N) is 2. The monoisotopic (exact) mass is 414 g/mol. The highest BCUT2D eigenvalue weighted by Gasteiger charge is 2.46. The van der Waals surface area contributed by atoms with Gasteiger partial charge in [0.05, 0.1) is 5.57 Å². The van der Waals surface area contributed by atoms with E-state index in [1.165, 1.54) is 4.90 Å². The van der Waals surface area contributed by atoms with Crippen molar-refractivity contribution < 1.29 is 23.5 Å². The summed E-state index contributed by atoms with van der Waals surface area (Å²) in [6.07, 6.45) is 3.27. The smallest absolute Gasteiger partial charge is 0.290 e. The Morgan fingerprint density at radius 2 is 1.97 bits per heavy atom. The molecule has 1 aliphatic rings. The quantitative estimate of drug-likeness (QED) is 0.483. The van der Waals surface area contributed by atoms with Crippen molar-refractivity contribution in [3.63, 3.8) is 0 Å². The SMILES string of the molecule is Cc1ccc([C@H]2C(C(=O)c3cc4ccccc4o3)=C(O)C(=O)N2Cc2cccnc2)o1. The van der Waals surface area contributed by atoms with Crippen molar-refractivity contribution in [2.75, 3.05) is 0 Å².